The van der Waals surface area contributed by atoms with Gasteiger partial charge in [-0.05, 0) is 30.2 Å². The predicted octanol–water partition coefficient (Wildman–Crippen LogP) is 4.06. The van der Waals surface area contributed by atoms with E-state index in [1.165, 1.54) is 5.56 Å². The van der Waals surface area contributed by atoms with Gasteiger partial charge < -0.3 is 4.74 Å². The van der Waals surface area contributed by atoms with E-state index in [4.69, 9.17) is 4.74 Å². The minimum atomic E-state index is -0.252. The Morgan fingerprint density at radius 1 is 1.05 bits per heavy atom. The number of allylic oxidation sites excluding steroid dienone is 1. The Hall–Kier alpha value is -2.61. The van der Waals surface area contributed by atoms with Gasteiger partial charge in [0.2, 0.25) is 0 Å². The molecule has 0 radical (unpaired) electrons. The molecule has 0 saturated heterocycles. The molecule has 0 spiro atoms. The lowest BCUT2D eigenvalue weighted by Gasteiger charge is -1.99. The van der Waals surface area contributed by atoms with Crippen molar-refractivity contribution in [1.29, 1.82) is 0 Å². The van der Waals surface area contributed by atoms with Crippen molar-refractivity contribution >= 4 is 12.0 Å². The molecule has 0 atom stereocenters. The van der Waals surface area contributed by atoms with Gasteiger partial charge >= 0.3 is 5.97 Å². The number of hydrogen-bond donors (Lipinski definition) is 0. The summed E-state index contributed by atoms with van der Waals surface area (Å²) in [7, 11) is 0. The fourth-order valence-electron chi connectivity index (χ4n) is 2.37. The Morgan fingerprint density at radius 2 is 1.86 bits per heavy atom. The van der Waals surface area contributed by atoms with Crippen LogP contribution in [0, 0.1) is 6.92 Å². The van der Waals surface area contributed by atoms with Gasteiger partial charge in [-0.25, -0.2) is 4.79 Å². The van der Waals surface area contributed by atoms with Crippen LogP contribution in [0.4, 0.5) is 0 Å². The molecule has 3 rings (SSSR count). The summed E-state index contributed by atoms with van der Waals surface area (Å²) in [5.41, 5.74) is 4.02. The summed E-state index contributed by atoms with van der Waals surface area (Å²) in [4.78, 5) is 11.9. The summed E-state index contributed by atoms with van der Waals surface area (Å²) >= 11 is 0. The van der Waals surface area contributed by atoms with Crippen molar-refractivity contribution in [3.8, 4) is 0 Å². The maximum Gasteiger partial charge on any atom is 0.339 e. The summed E-state index contributed by atoms with van der Waals surface area (Å²) in [6, 6.07) is 18.0. The molecule has 1 aliphatic heterocycles. The third-order valence-electron chi connectivity index (χ3n) is 3.38. The standard InChI is InChI=1S/C19H16O2/c1-14-6-5-9-16(10-14)12-18-13-17(19(20)21-18)11-15-7-3-2-4-8-15/h2-10,12-13H,11H2,1H3/b18-12-. The fraction of sp³-hybridized carbons (Fsp3) is 0.105. The summed E-state index contributed by atoms with van der Waals surface area (Å²) in [6.45, 7) is 2.04. The number of benzene rings is 2. The van der Waals surface area contributed by atoms with Crippen LogP contribution in [0.5, 0.6) is 0 Å². The highest BCUT2D eigenvalue weighted by molar-refractivity contribution is 5.94. The van der Waals surface area contributed by atoms with Crippen LogP contribution in [0.25, 0.3) is 6.08 Å². The first-order chi connectivity index (χ1) is 10.2. The van der Waals surface area contributed by atoms with Crippen molar-refractivity contribution in [2.45, 2.75) is 13.3 Å². The number of ether oxygens (including phenoxy) is 1. The van der Waals surface area contributed by atoms with E-state index in [2.05, 4.69) is 6.07 Å². The first-order valence-corrected chi connectivity index (χ1v) is 6.96. The molecule has 1 heterocycles. The smallest absolute Gasteiger partial charge is 0.339 e. The first kappa shape index (κ1) is 13.4. The van der Waals surface area contributed by atoms with Crippen molar-refractivity contribution in [3.05, 3.63) is 88.7 Å². The van der Waals surface area contributed by atoms with Crippen molar-refractivity contribution < 1.29 is 9.53 Å². The molecule has 104 valence electrons. The van der Waals surface area contributed by atoms with Crippen LogP contribution >= 0.6 is 0 Å². The van der Waals surface area contributed by atoms with Gasteiger partial charge in [-0.1, -0.05) is 60.2 Å². The number of cyclic esters (lactones) is 1. The second kappa shape index (κ2) is 5.80. The van der Waals surface area contributed by atoms with Gasteiger partial charge in [-0.15, -0.1) is 0 Å². The number of rotatable bonds is 3. The van der Waals surface area contributed by atoms with E-state index in [0.29, 0.717) is 17.8 Å². The summed E-state index contributed by atoms with van der Waals surface area (Å²) < 4.78 is 5.32. The lowest BCUT2D eigenvalue weighted by molar-refractivity contribution is -0.133. The van der Waals surface area contributed by atoms with E-state index in [0.717, 1.165) is 11.1 Å². The second-order valence-electron chi connectivity index (χ2n) is 5.18. The van der Waals surface area contributed by atoms with Gasteiger partial charge in [0, 0.05) is 12.0 Å². The summed E-state index contributed by atoms with van der Waals surface area (Å²) in [5.74, 6) is 0.356. The quantitative estimate of drug-likeness (QED) is 0.790. The molecule has 0 amide bonds. The maximum absolute atomic E-state index is 11.9. The molecule has 0 aromatic heterocycles. The normalized spacial score (nSPS) is 16.0. The molecule has 0 fully saturated rings. The molecule has 0 aliphatic carbocycles. The molecule has 0 saturated carbocycles. The molecule has 0 unspecified atom stereocenters. The van der Waals surface area contributed by atoms with Gasteiger partial charge in [-0.3, -0.25) is 0 Å². The Kier molecular flexibility index (Phi) is 3.69. The molecule has 0 N–H and O–H groups in total. The number of aryl methyl sites for hydroxylation is 1. The summed E-state index contributed by atoms with van der Waals surface area (Å²) in [5, 5.41) is 0. The molecular formula is C19H16O2. The highest BCUT2D eigenvalue weighted by Gasteiger charge is 2.21. The van der Waals surface area contributed by atoms with Gasteiger partial charge in [0.25, 0.3) is 0 Å². The summed E-state index contributed by atoms with van der Waals surface area (Å²) in [6.07, 6.45) is 4.32. The number of hydrogen-bond acceptors (Lipinski definition) is 2. The fourth-order valence-corrected chi connectivity index (χ4v) is 2.37. The predicted molar refractivity (Wildman–Crippen MR) is 83.5 cm³/mol. The second-order valence-corrected chi connectivity index (χ2v) is 5.18. The molecular weight excluding hydrogens is 260 g/mol. The van der Waals surface area contributed by atoms with Crippen LogP contribution in [0.15, 0.2) is 72.0 Å². The van der Waals surface area contributed by atoms with Gasteiger partial charge in [0.1, 0.15) is 5.76 Å². The van der Waals surface area contributed by atoms with Gasteiger partial charge in [0.15, 0.2) is 0 Å². The first-order valence-electron chi connectivity index (χ1n) is 6.96. The Labute approximate surface area is 124 Å². The van der Waals surface area contributed by atoms with E-state index in [1.807, 2.05) is 67.6 Å². The Morgan fingerprint density at radius 3 is 2.62 bits per heavy atom. The average Bonchev–Trinajstić information content (AvgIpc) is 2.80. The van der Waals surface area contributed by atoms with E-state index >= 15 is 0 Å². The number of esters is 1. The van der Waals surface area contributed by atoms with E-state index in [1.54, 1.807) is 0 Å². The third-order valence-corrected chi connectivity index (χ3v) is 3.38. The minimum Gasteiger partial charge on any atom is -0.423 e. The van der Waals surface area contributed by atoms with E-state index in [9.17, 15) is 4.79 Å². The molecule has 2 nitrogen and oxygen atoms in total. The molecule has 0 bridgehead atoms. The average molecular weight is 276 g/mol. The number of carbonyl (C=O) groups is 1. The largest absolute Gasteiger partial charge is 0.423 e. The molecule has 2 aromatic rings. The molecule has 2 heteroatoms. The zero-order chi connectivity index (χ0) is 14.7. The van der Waals surface area contributed by atoms with Crippen molar-refractivity contribution in [1.82, 2.24) is 0 Å². The van der Waals surface area contributed by atoms with Crippen LogP contribution in [-0.2, 0) is 16.0 Å². The van der Waals surface area contributed by atoms with Crippen LogP contribution in [0.3, 0.4) is 0 Å². The number of carbonyl (C=O) groups excluding carboxylic acids is 1. The molecule has 1 aliphatic rings. The van der Waals surface area contributed by atoms with Crippen molar-refractivity contribution in [3.63, 3.8) is 0 Å². The zero-order valence-electron chi connectivity index (χ0n) is 11.9. The van der Waals surface area contributed by atoms with Crippen LogP contribution in [0.1, 0.15) is 16.7 Å². The van der Waals surface area contributed by atoms with Gasteiger partial charge in [0.05, 0.1) is 0 Å². The SMILES string of the molecule is Cc1cccc(/C=C2/C=C(Cc3ccccc3)C(=O)O2)c1. The topological polar surface area (TPSA) is 26.3 Å². The minimum absolute atomic E-state index is 0.252. The van der Waals surface area contributed by atoms with E-state index < -0.39 is 0 Å². The van der Waals surface area contributed by atoms with E-state index in [-0.39, 0.29) is 5.97 Å². The third kappa shape index (κ3) is 3.29. The molecule has 2 aromatic carbocycles. The monoisotopic (exact) mass is 276 g/mol. The van der Waals surface area contributed by atoms with Crippen LogP contribution < -0.4 is 0 Å². The lowest BCUT2D eigenvalue weighted by Crippen LogP contribution is -2.01. The van der Waals surface area contributed by atoms with Crippen LogP contribution in [-0.4, -0.2) is 5.97 Å². The van der Waals surface area contributed by atoms with Crippen LogP contribution in [0.2, 0.25) is 0 Å². The Bertz CT molecular complexity index is 724. The maximum atomic E-state index is 11.9. The van der Waals surface area contributed by atoms with Gasteiger partial charge in [-0.2, -0.15) is 0 Å². The highest BCUT2D eigenvalue weighted by atomic mass is 16.5. The highest BCUT2D eigenvalue weighted by Crippen LogP contribution is 2.23. The van der Waals surface area contributed by atoms with Crippen molar-refractivity contribution in [2.24, 2.45) is 0 Å². The van der Waals surface area contributed by atoms with Crippen molar-refractivity contribution in [2.75, 3.05) is 0 Å². The lowest BCUT2D eigenvalue weighted by atomic mass is 10.1. The molecule has 21 heavy (non-hydrogen) atoms. The Balaban J connectivity index is 1.82. The zero-order valence-corrected chi connectivity index (χ0v) is 11.9.